The van der Waals surface area contributed by atoms with Gasteiger partial charge in [-0.05, 0) is 38.0 Å². The standard InChI is InChI=1S/C15H18N2O3/c1-4-16-12(18)5-6-17-13-10(3)7-9(2)8-11(13)14(19)15(17)20/h7-8H,4-6H2,1-3H3,(H,16,18). The molecule has 2 amide bonds. The first kappa shape index (κ1) is 14.2. The zero-order valence-corrected chi connectivity index (χ0v) is 11.9. The number of aryl methyl sites for hydroxylation is 2. The molecule has 1 heterocycles. The molecular weight excluding hydrogens is 256 g/mol. The molecule has 0 spiro atoms. The Balaban J connectivity index is 2.27. The smallest absolute Gasteiger partial charge is 0.299 e. The van der Waals surface area contributed by atoms with Gasteiger partial charge in [0.05, 0.1) is 11.3 Å². The summed E-state index contributed by atoms with van der Waals surface area (Å²) in [5, 5.41) is 2.68. The summed E-state index contributed by atoms with van der Waals surface area (Å²) in [6.07, 6.45) is 0.194. The van der Waals surface area contributed by atoms with Crippen LogP contribution < -0.4 is 10.2 Å². The highest BCUT2D eigenvalue weighted by molar-refractivity contribution is 6.52. The summed E-state index contributed by atoms with van der Waals surface area (Å²) in [5.41, 5.74) is 2.93. The van der Waals surface area contributed by atoms with Crippen LogP contribution in [0.5, 0.6) is 0 Å². The SMILES string of the molecule is CCNC(=O)CCN1C(=O)C(=O)c2cc(C)cc(C)c21. The van der Waals surface area contributed by atoms with Gasteiger partial charge in [-0.3, -0.25) is 14.4 Å². The second-order valence-electron chi connectivity index (χ2n) is 4.97. The van der Waals surface area contributed by atoms with Crippen LogP contribution in [0.15, 0.2) is 12.1 Å². The highest BCUT2D eigenvalue weighted by Crippen LogP contribution is 2.33. The third kappa shape index (κ3) is 2.43. The molecule has 0 unspecified atom stereocenters. The van der Waals surface area contributed by atoms with Gasteiger partial charge < -0.3 is 10.2 Å². The molecule has 1 aromatic carbocycles. The van der Waals surface area contributed by atoms with Crippen LogP contribution in [0.1, 0.15) is 34.8 Å². The van der Waals surface area contributed by atoms with E-state index in [1.54, 1.807) is 6.07 Å². The number of hydrogen-bond acceptors (Lipinski definition) is 3. The molecule has 1 aliphatic rings. The first-order valence-corrected chi connectivity index (χ1v) is 6.69. The molecule has 1 aromatic rings. The zero-order chi connectivity index (χ0) is 14.9. The van der Waals surface area contributed by atoms with Crippen molar-refractivity contribution in [2.75, 3.05) is 18.0 Å². The van der Waals surface area contributed by atoms with Gasteiger partial charge in [-0.1, -0.05) is 6.07 Å². The summed E-state index contributed by atoms with van der Waals surface area (Å²) in [6, 6.07) is 3.67. The van der Waals surface area contributed by atoms with Crippen LogP contribution in [0.4, 0.5) is 5.69 Å². The predicted molar refractivity (Wildman–Crippen MR) is 75.9 cm³/mol. The number of rotatable bonds is 4. The summed E-state index contributed by atoms with van der Waals surface area (Å²) >= 11 is 0. The minimum absolute atomic E-state index is 0.119. The average molecular weight is 274 g/mol. The highest BCUT2D eigenvalue weighted by Gasteiger charge is 2.36. The molecule has 0 bridgehead atoms. The van der Waals surface area contributed by atoms with E-state index in [9.17, 15) is 14.4 Å². The number of fused-ring (bicyclic) bond motifs is 1. The summed E-state index contributed by atoms with van der Waals surface area (Å²) < 4.78 is 0. The van der Waals surface area contributed by atoms with Crippen LogP contribution in [0.2, 0.25) is 0 Å². The lowest BCUT2D eigenvalue weighted by molar-refractivity contribution is -0.120. The van der Waals surface area contributed by atoms with Gasteiger partial charge >= 0.3 is 0 Å². The Hall–Kier alpha value is -2.17. The number of hydrogen-bond donors (Lipinski definition) is 1. The lowest BCUT2D eigenvalue weighted by Crippen LogP contribution is -2.34. The van der Waals surface area contributed by atoms with Gasteiger partial charge in [-0.15, -0.1) is 0 Å². The highest BCUT2D eigenvalue weighted by atomic mass is 16.2. The van der Waals surface area contributed by atoms with Crippen LogP contribution in [-0.2, 0) is 9.59 Å². The van der Waals surface area contributed by atoms with Crippen molar-refractivity contribution in [3.8, 4) is 0 Å². The fourth-order valence-electron chi connectivity index (χ4n) is 2.54. The zero-order valence-electron chi connectivity index (χ0n) is 11.9. The lowest BCUT2D eigenvalue weighted by atomic mass is 10.0. The van der Waals surface area contributed by atoms with Gasteiger partial charge in [0.1, 0.15) is 0 Å². The molecule has 5 nitrogen and oxygen atoms in total. The second kappa shape index (κ2) is 5.45. The van der Waals surface area contributed by atoms with E-state index in [0.717, 1.165) is 11.1 Å². The van der Waals surface area contributed by atoms with Gasteiger partial charge in [-0.25, -0.2) is 0 Å². The lowest BCUT2D eigenvalue weighted by Gasteiger charge is -2.18. The molecule has 20 heavy (non-hydrogen) atoms. The molecule has 106 valence electrons. The van der Waals surface area contributed by atoms with Crippen LogP contribution in [-0.4, -0.2) is 30.7 Å². The van der Waals surface area contributed by atoms with E-state index >= 15 is 0 Å². The van der Waals surface area contributed by atoms with E-state index in [2.05, 4.69) is 5.32 Å². The molecule has 2 rings (SSSR count). The van der Waals surface area contributed by atoms with Crippen molar-refractivity contribution >= 4 is 23.3 Å². The largest absolute Gasteiger partial charge is 0.356 e. The van der Waals surface area contributed by atoms with Crippen molar-refractivity contribution in [3.63, 3.8) is 0 Å². The molecule has 0 fully saturated rings. The van der Waals surface area contributed by atoms with Crippen LogP contribution >= 0.6 is 0 Å². The van der Waals surface area contributed by atoms with Crippen molar-refractivity contribution in [2.24, 2.45) is 0 Å². The molecule has 0 radical (unpaired) electrons. The van der Waals surface area contributed by atoms with Gasteiger partial charge in [0.15, 0.2) is 0 Å². The van der Waals surface area contributed by atoms with Gasteiger partial charge in [-0.2, -0.15) is 0 Å². The number of ketones is 1. The number of anilines is 1. The first-order chi connectivity index (χ1) is 9.45. The fraction of sp³-hybridized carbons (Fsp3) is 0.400. The molecule has 0 saturated heterocycles. The summed E-state index contributed by atoms with van der Waals surface area (Å²) in [7, 11) is 0. The molecule has 5 heteroatoms. The van der Waals surface area contributed by atoms with Crippen LogP contribution in [0.3, 0.4) is 0 Å². The Morgan fingerprint density at radius 1 is 1.25 bits per heavy atom. The topological polar surface area (TPSA) is 66.5 Å². The van der Waals surface area contributed by atoms with Crippen molar-refractivity contribution < 1.29 is 14.4 Å². The van der Waals surface area contributed by atoms with E-state index in [4.69, 9.17) is 0 Å². The Morgan fingerprint density at radius 2 is 1.95 bits per heavy atom. The Labute approximate surface area is 118 Å². The monoisotopic (exact) mass is 274 g/mol. The van der Waals surface area contributed by atoms with Crippen molar-refractivity contribution in [2.45, 2.75) is 27.2 Å². The van der Waals surface area contributed by atoms with Gasteiger partial charge in [0, 0.05) is 19.5 Å². The minimum atomic E-state index is -0.544. The maximum absolute atomic E-state index is 12.0. The number of carbonyl (C=O) groups is 3. The normalized spacial score (nSPS) is 13.7. The minimum Gasteiger partial charge on any atom is -0.356 e. The number of nitrogens with zero attached hydrogens (tertiary/aromatic N) is 1. The molecule has 0 atom stereocenters. The van der Waals surface area contributed by atoms with E-state index in [0.29, 0.717) is 17.8 Å². The van der Waals surface area contributed by atoms with E-state index in [1.165, 1.54) is 4.90 Å². The van der Waals surface area contributed by atoms with Crippen molar-refractivity contribution in [3.05, 3.63) is 28.8 Å². The number of carbonyl (C=O) groups excluding carboxylic acids is 3. The summed E-state index contributed by atoms with van der Waals surface area (Å²) in [5.74, 6) is -1.15. The molecule has 0 aliphatic carbocycles. The van der Waals surface area contributed by atoms with Crippen molar-refractivity contribution in [1.29, 1.82) is 0 Å². The van der Waals surface area contributed by atoms with E-state index in [1.807, 2.05) is 26.8 Å². The Kier molecular flexibility index (Phi) is 3.88. The number of amides is 2. The third-order valence-corrected chi connectivity index (χ3v) is 3.34. The Morgan fingerprint density at radius 3 is 2.60 bits per heavy atom. The fourth-order valence-corrected chi connectivity index (χ4v) is 2.54. The number of benzene rings is 1. The summed E-state index contributed by atoms with van der Waals surface area (Å²) in [6.45, 7) is 6.39. The quantitative estimate of drug-likeness (QED) is 0.843. The van der Waals surface area contributed by atoms with Crippen LogP contribution in [0.25, 0.3) is 0 Å². The molecule has 0 saturated carbocycles. The molecular formula is C15H18N2O3. The third-order valence-electron chi connectivity index (χ3n) is 3.34. The van der Waals surface area contributed by atoms with E-state index < -0.39 is 11.7 Å². The molecule has 0 aromatic heterocycles. The first-order valence-electron chi connectivity index (χ1n) is 6.69. The summed E-state index contributed by atoms with van der Waals surface area (Å²) in [4.78, 5) is 37.0. The Bertz CT molecular complexity index is 593. The maximum Gasteiger partial charge on any atom is 0.299 e. The van der Waals surface area contributed by atoms with Crippen LogP contribution in [0, 0.1) is 13.8 Å². The van der Waals surface area contributed by atoms with Gasteiger partial charge in [0.25, 0.3) is 11.7 Å². The molecule has 1 N–H and O–H groups in total. The maximum atomic E-state index is 12.0. The second-order valence-corrected chi connectivity index (χ2v) is 4.97. The van der Waals surface area contributed by atoms with Gasteiger partial charge in [0.2, 0.25) is 5.91 Å². The van der Waals surface area contributed by atoms with E-state index in [-0.39, 0.29) is 18.9 Å². The van der Waals surface area contributed by atoms with Crippen molar-refractivity contribution in [1.82, 2.24) is 5.32 Å². The average Bonchev–Trinajstić information content (AvgIpc) is 2.61. The number of Topliss-reactive ketones (excluding diaryl/α,β-unsaturated/α-hetero) is 1. The molecule has 1 aliphatic heterocycles. The number of nitrogens with one attached hydrogen (secondary N) is 1. The predicted octanol–water partition coefficient (Wildman–Crippen LogP) is 1.36.